The lowest BCUT2D eigenvalue weighted by molar-refractivity contribution is 0.155. The van der Waals surface area contributed by atoms with Crippen LogP contribution in [0.2, 0.25) is 5.15 Å². The molecule has 112 valence electrons. The van der Waals surface area contributed by atoms with Crippen molar-refractivity contribution in [3.63, 3.8) is 0 Å². The number of rotatable bonds is 4. The van der Waals surface area contributed by atoms with Gasteiger partial charge in [0.05, 0.1) is 12.3 Å². The minimum atomic E-state index is 0.338. The van der Waals surface area contributed by atoms with E-state index in [0.717, 1.165) is 31.1 Å². The van der Waals surface area contributed by atoms with Crippen LogP contribution in [-0.4, -0.2) is 27.4 Å². The Hall–Kier alpha value is -0.350. The van der Waals surface area contributed by atoms with Gasteiger partial charge in [-0.2, -0.15) is 16.9 Å². The van der Waals surface area contributed by atoms with Crippen molar-refractivity contribution in [3.05, 3.63) is 11.3 Å². The predicted molar refractivity (Wildman–Crippen MR) is 84.8 cm³/mol. The molecule has 1 aliphatic heterocycles. The number of hydrogen-bond acceptors (Lipinski definition) is 3. The van der Waals surface area contributed by atoms with Crippen LogP contribution in [0.3, 0.4) is 0 Å². The fourth-order valence-electron chi connectivity index (χ4n) is 3.10. The Morgan fingerprint density at radius 3 is 2.70 bits per heavy atom. The zero-order chi connectivity index (χ0) is 13.8. The van der Waals surface area contributed by atoms with Gasteiger partial charge in [-0.3, -0.25) is 4.68 Å². The quantitative estimate of drug-likeness (QED) is 0.824. The molecule has 5 heteroatoms. The Kier molecular flexibility index (Phi) is 5.16. The van der Waals surface area contributed by atoms with Gasteiger partial charge in [0.15, 0.2) is 10.9 Å². The molecule has 0 radical (unpaired) electrons. The Labute approximate surface area is 130 Å². The van der Waals surface area contributed by atoms with Crippen molar-refractivity contribution in [2.75, 3.05) is 11.5 Å². The molecular formula is C15H23ClN2OS. The molecule has 1 saturated carbocycles. The zero-order valence-electron chi connectivity index (χ0n) is 11.9. The van der Waals surface area contributed by atoms with E-state index in [-0.39, 0.29) is 0 Å². The molecule has 1 saturated heterocycles. The Morgan fingerprint density at radius 2 is 1.95 bits per heavy atom. The minimum Gasteiger partial charge on any atom is -0.486 e. The summed E-state index contributed by atoms with van der Waals surface area (Å²) >= 11 is 8.49. The highest BCUT2D eigenvalue weighted by molar-refractivity contribution is 7.99. The Morgan fingerprint density at radius 1 is 1.20 bits per heavy atom. The molecule has 0 aromatic carbocycles. The first kappa shape index (κ1) is 14.6. The third-order valence-electron chi connectivity index (χ3n) is 4.36. The van der Waals surface area contributed by atoms with Crippen LogP contribution in [-0.2, 0) is 6.54 Å². The summed E-state index contributed by atoms with van der Waals surface area (Å²) in [5.41, 5.74) is 0. The van der Waals surface area contributed by atoms with E-state index < -0.39 is 0 Å². The second-order valence-corrected chi connectivity index (χ2v) is 7.50. The maximum absolute atomic E-state index is 6.43. The molecule has 20 heavy (non-hydrogen) atoms. The van der Waals surface area contributed by atoms with E-state index in [1.807, 2.05) is 4.68 Å². The van der Waals surface area contributed by atoms with E-state index in [4.69, 9.17) is 16.3 Å². The molecular weight excluding hydrogens is 292 g/mol. The normalized spacial score (nSPS) is 22.1. The molecule has 1 aromatic rings. The van der Waals surface area contributed by atoms with Gasteiger partial charge < -0.3 is 4.74 Å². The molecule has 3 rings (SSSR count). The van der Waals surface area contributed by atoms with E-state index in [1.165, 1.54) is 43.6 Å². The number of thioether (sulfide) groups is 1. The monoisotopic (exact) mass is 314 g/mol. The molecule has 2 aliphatic rings. The fraction of sp³-hybridized carbons (Fsp3) is 0.800. The van der Waals surface area contributed by atoms with Crippen molar-refractivity contribution in [1.82, 2.24) is 9.78 Å². The standard InChI is InChI=1S/C15H23ClN2OS/c16-15-14(19-13-4-2-1-3-5-13)10-17-18(15)11-12-6-8-20-9-7-12/h10,12-13H,1-9,11H2. The van der Waals surface area contributed by atoms with Gasteiger partial charge in [-0.25, -0.2) is 0 Å². The largest absolute Gasteiger partial charge is 0.486 e. The van der Waals surface area contributed by atoms with Crippen molar-refractivity contribution in [3.8, 4) is 5.75 Å². The van der Waals surface area contributed by atoms with E-state index in [0.29, 0.717) is 11.3 Å². The van der Waals surface area contributed by atoms with Crippen LogP contribution in [0.5, 0.6) is 5.75 Å². The SMILES string of the molecule is Clc1c(OC2CCCCC2)cnn1CC1CCSCC1. The van der Waals surface area contributed by atoms with Crippen molar-refractivity contribution >= 4 is 23.4 Å². The lowest BCUT2D eigenvalue weighted by Crippen LogP contribution is -2.20. The molecule has 2 fully saturated rings. The summed E-state index contributed by atoms with van der Waals surface area (Å²) in [6.07, 6.45) is 10.9. The van der Waals surface area contributed by atoms with Crippen LogP contribution < -0.4 is 4.74 Å². The molecule has 1 aromatic heterocycles. The maximum atomic E-state index is 6.43. The highest BCUT2D eigenvalue weighted by atomic mass is 35.5. The Balaban J connectivity index is 1.59. The van der Waals surface area contributed by atoms with E-state index in [9.17, 15) is 0 Å². The molecule has 1 aliphatic carbocycles. The van der Waals surface area contributed by atoms with E-state index >= 15 is 0 Å². The van der Waals surface area contributed by atoms with Gasteiger partial charge in [-0.05, 0) is 55.9 Å². The van der Waals surface area contributed by atoms with Gasteiger partial charge >= 0.3 is 0 Å². The summed E-state index contributed by atoms with van der Waals surface area (Å²) in [5.74, 6) is 4.05. The summed E-state index contributed by atoms with van der Waals surface area (Å²) < 4.78 is 7.97. The maximum Gasteiger partial charge on any atom is 0.176 e. The predicted octanol–water partition coefficient (Wildman–Crippen LogP) is 4.39. The van der Waals surface area contributed by atoms with Gasteiger partial charge in [0.1, 0.15) is 0 Å². The van der Waals surface area contributed by atoms with E-state index in [1.54, 1.807) is 6.20 Å². The van der Waals surface area contributed by atoms with Crippen molar-refractivity contribution in [2.24, 2.45) is 5.92 Å². The van der Waals surface area contributed by atoms with Crippen LogP contribution in [0.4, 0.5) is 0 Å². The lowest BCUT2D eigenvalue weighted by atomic mass is 9.98. The fourth-order valence-corrected chi connectivity index (χ4v) is 4.51. The topological polar surface area (TPSA) is 27.1 Å². The lowest BCUT2D eigenvalue weighted by Gasteiger charge is -2.23. The van der Waals surface area contributed by atoms with Gasteiger partial charge in [0.25, 0.3) is 0 Å². The average molecular weight is 315 g/mol. The molecule has 0 bridgehead atoms. The average Bonchev–Trinajstić information content (AvgIpc) is 2.83. The van der Waals surface area contributed by atoms with Crippen LogP contribution in [0.1, 0.15) is 44.9 Å². The van der Waals surface area contributed by atoms with Crippen LogP contribution in [0, 0.1) is 5.92 Å². The van der Waals surface area contributed by atoms with Crippen LogP contribution in [0.25, 0.3) is 0 Å². The molecule has 0 unspecified atom stereocenters. The number of halogens is 1. The summed E-state index contributed by atoms with van der Waals surface area (Å²) in [6.45, 7) is 0.938. The molecule has 0 spiro atoms. The summed E-state index contributed by atoms with van der Waals surface area (Å²) in [7, 11) is 0. The molecule has 0 N–H and O–H groups in total. The van der Waals surface area contributed by atoms with Crippen LogP contribution in [0.15, 0.2) is 6.20 Å². The number of aromatic nitrogens is 2. The second-order valence-electron chi connectivity index (χ2n) is 5.92. The van der Waals surface area contributed by atoms with Crippen LogP contribution >= 0.6 is 23.4 Å². The molecule has 2 heterocycles. The molecule has 3 nitrogen and oxygen atoms in total. The van der Waals surface area contributed by atoms with Crippen molar-refractivity contribution < 1.29 is 4.74 Å². The minimum absolute atomic E-state index is 0.338. The third kappa shape index (κ3) is 3.64. The summed E-state index contributed by atoms with van der Waals surface area (Å²) in [4.78, 5) is 0. The highest BCUT2D eigenvalue weighted by Gasteiger charge is 2.20. The molecule has 0 atom stereocenters. The first-order valence-corrected chi connectivity index (χ1v) is 9.32. The van der Waals surface area contributed by atoms with Gasteiger partial charge in [0.2, 0.25) is 0 Å². The van der Waals surface area contributed by atoms with Crippen molar-refractivity contribution in [2.45, 2.75) is 57.6 Å². The summed E-state index contributed by atoms with van der Waals surface area (Å²) in [5, 5.41) is 5.12. The summed E-state index contributed by atoms with van der Waals surface area (Å²) in [6, 6.07) is 0. The first-order valence-electron chi connectivity index (χ1n) is 7.78. The zero-order valence-corrected chi connectivity index (χ0v) is 13.5. The first-order chi connectivity index (χ1) is 9.83. The second kappa shape index (κ2) is 7.08. The smallest absolute Gasteiger partial charge is 0.176 e. The third-order valence-corrected chi connectivity index (χ3v) is 5.79. The Bertz CT molecular complexity index is 388. The van der Waals surface area contributed by atoms with Gasteiger partial charge in [-0.1, -0.05) is 18.0 Å². The van der Waals surface area contributed by atoms with Gasteiger partial charge in [0, 0.05) is 6.54 Å². The van der Waals surface area contributed by atoms with Gasteiger partial charge in [-0.15, -0.1) is 0 Å². The highest BCUT2D eigenvalue weighted by Crippen LogP contribution is 2.31. The number of ether oxygens (including phenoxy) is 1. The number of hydrogen-bond donors (Lipinski definition) is 0. The number of nitrogens with zero attached hydrogens (tertiary/aromatic N) is 2. The van der Waals surface area contributed by atoms with E-state index in [2.05, 4.69) is 16.9 Å². The molecule has 0 amide bonds. The van der Waals surface area contributed by atoms with Crippen molar-refractivity contribution in [1.29, 1.82) is 0 Å².